The first-order valence-corrected chi connectivity index (χ1v) is 12.9. The molecule has 0 radical (unpaired) electrons. The number of nitrogens with one attached hydrogen (secondary N) is 1. The average molecular weight is 465 g/mol. The van der Waals surface area contributed by atoms with Gasteiger partial charge in [0.05, 0.1) is 17.3 Å². The Kier molecular flexibility index (Phi) is 7.40. The van der Waals surface area contributed by atoms with Crippen LogP contribution >= 0.6 is 0 Å². The molecule has 0 atom stereocenters. The molecule has 1 aromatic heterocycles. The van der Waals surface area contributed by atoms with Crippen LogP contribution in [0, 0.1) is 5.92 Å². The monoisotopic (exact) mass is 464 g/mol. The second-order valence-corrected chi connectivity index (χ2v) is 10.4. The van der Waals surface area contributed by atoms with Gasteiger partial charge in [-0.2, -0.15) is 0 Å². The lowest BCUT2D eigenvalue weighted by molar-refractivity contribution is 0.102. The summed E-state index contributed by atoms with van der Waals surface area (Å²) in [5.74, 6) is 0.887. The molecule has 1 saturated carbocycles. The largest absolute Gasteiger partial charge is 0.489 e. The Bertz CT molecular complexity index is 1190. The van der Waals surface area contributed by atoms with Gasteiger partial charge in [-0.15, -0.1) is 0 Å². The van der Waals surface area contributed by atoms with E-state index in [1.165, 1.54) is 32.1 Å². The van der Waals surface area contributed by atoms with Gasteiger partial charge in [0.25, 0.3) is 5.91 Å². The summed E-state index contributed by atoms with van der Waals surface area (Å²) in [6.45, 7) is 0.612. The maximum absolute atomic E-state index is 12.9. The molecule has 0 aliphatic heterocycles. The van der Waals surface area contributed by atoms with Gasteiger partial charge in [0, 0.05) is 11.8 Å². The van der Waals surface area contributed by atoms with Gasteiger partial charge in [-0.3, -0.25) is 4.79 Å². The second kappa shape index (κ2) is 10.6. The van der Waals surface area contributed by atoms with Crippen LogP contribution in [0.15, 0.2) is 77.8 Å². The number of hydrogen-bond donors (Lipinski definition) is 1. The number of anilines is 1. The number of carbonyl (C=O) groups is 1. The Morgan fingerprint density at radius 2 is 1.76 bits per heavy atom. The number of benzene rings is 2. The number of amides is 1. The minimum absolute atomic E-state index is 0.183. The number of ether oxygens (including phenoxy) is 1. The summed E-state index contributed by atoms with van der Waals surface area (Å²) in [5.41, 5.74) is 0.904. The van der Waals surface area contributed by atoms with Crippen LogP contribution in [0.3, 0.4) is 0 Å². The highest BCUT2D eigenvalue weighted by Crippen LogP contribution is 2.27. The highest BCUT2D eigenvalue weighted by atomic mass is 32.2. The van der Waals surface area contributed by atoms with Crippen molar-refractivity contribution in [1.82, 2.24) is 4.98 Å². The molecule has 1 heterocycles. The zero-order valence-corrected chi connectivity index (χ0v) is 19.3. The molecule has 172 valence electrons. The van der Waals surface area contributed by atoms with Crippen molar-refractivity contribution in [3.63, 3.8) is 0 Å². The lowest BCUT2D eigenvalue weighted by atomic mass is 9.90. The quantitative estimate of drug-likeness (QED) is 0.491. The number of nitrogens with zero attached hydrogens (tertiary/aromatic N) is 1. The van der Waals surface area contributed by atoms with Gasteiger partial charge in [-0.05, 0) is 60.7 Å². The van der Waals surface area contributed by atoms with E-state index in [0.717, 1.165) is 0 Å². The summed E-state index contributed by atoms with van der Waals surface area (Å²) < 4.78 is 31.4. The van der Waals surface area contributed by atoms with Gasteiger partial charge in [0.1, 0.15) is 0 Å². The lowest BCUT2D eigenvalue weighted by Gasteiger charge is -2.22. The van der Waals surface area contributed by atoms with Crippen LogP contribution < -0.4 is 10.1 Å². The molecule has 1 amide bonds. The molecule has 1 fully saturated rings. The van der Waals surface area contributed by atoms with E-state index in [0.29, 0.717) is 35.2 Å². The van der Waals surface area contributed by atoms with Crippen molar-refractivity contribution in [3.8, 4) is 5.75 Å². The van der Waals surface area contributed by atoms with Crippen LogP contribution in [0.1, 0.15) is 48.0 Å². The second-order valence-electron chi connectivity index (χ2n) is 8.39. The molecule has 0 unspecified atom stereocenters. The molecule has 0 saturated heterocycles. The molecular formula is C26H28N2O4S. The van der Waals surface area contributed by atoms with Crippen LogP contribution in [-0.2, 0) is 15.6 Å². The van der Waals surface area contributed by atoms with E-state index in [1.54, 1.807) is 72.9 Å². The van der Waals surface area contributed by atoms with Crippen LogP contribution in [-0.4, -0.2) is 25.9 Å². The Balaban J connectivity index is 1.44. The molecule has 1 aliphatic carbocycles. The van der Waals surface area contributed by atoms with Gasteiger partial charge < -0.3 is 10.1 Å². The summed E-state index contributed by atoms with van der Waals surface area (Å²) in [4.78, 5) is 17.4. The van der Waals surface area contributed by atoms with Crippen LogP contribution in [0.4, 0.5) is 5.82 Å². The van der Waals surface area contributed by atoms with E-state index < -0.39 is 9.84 Å². The van der Waals surface area contributed by atoms with E-state index in [4.69, 9.17) is 4.74 Å². The number of sulfone groups is 1. The molecule has 1 N–H and O–H groups in total. The number of carbonyl (C=O) groups excluding carboxylic acids is 1. The zero-order valence-electron chi connectivity index (χ0n) is 18.4. The van der Waals surface area contributed by atoms with Crippen LogP contribution in [0.2, 0.25) is 0 Å². The number of rotatable bonds is 8. The number of hydrogen-bond acceptors (Lipinski definition) is 5. The highest BCUT2D eigenvalue weighted by Gasteiger charge is 2.18. The summed E-state index contributed by atoms with van der Waals surface area (Å²) in [6, 6.07) is 18.5. The molecule has 0 bridgehead atoms. The normalized spacial score (nSPS) is 14.5. The van der Waals surface area contributed by atoms with Gasteiger partial charge >= 0.3 is 0 Å². The van der Waals surface area contributed by atoms with Crippen molar-refractivity contribution in [2.75, 3.05) is 11.9 Å². The van der Waals surface area contributed by atoms with Gasteiger partial charge in [0.2, 0.25) is 0 Å². The maximum atomic E-state index is 12.9. The van der Waals surface area contributed by atoms with Gasteiger partial charge in [-0.1, -0.05) is 49.6 Å². The third-order valence-corrected chi connectivity index (χ3v) is 7.55. The van der Waals surface area contributed by atoms with E-state index >= 15 is 0 Å². The van der Waals surface area contributed by atoms with Crippen molar-refractivity contribution < 1.29 is 17.9 Å². The van der Waals surface area contributed by atoms with Crippen molar-refractivity contribution in [1.29, 1.82) is 0 Å². The Morgan fingerprint density at radius 1 is 0.970 bits per heavy atom. The fourth-order valence-corrected chi connectivity index (χ4v) is 5.43. The first-order chi connectivity index (χ1) is 16.0. The predicted molar refractivity (Wildman–Crippen MR) is 128 cm³/mol. The minimum Gasteiger partial charge on any atom is -0.489 e. The topological polar surface area (TPSA) is 85.4 Å². The smallest absolute Gasteiger partial charge is 0.256 e. The number of pyridine rings is 1. The summed E-state index contributed by atoms with van der Waals surface area (Å²) in [5, 5.41) is 2.81. The summed E-state index contributed by atoms with van der Waals surface area (Å²) >= 11 is 0. The molecule has 7 heteroatoms. The molecule has 33 heavy (non-hydrogen) atoms. The highest BCUT2D eigenvalue weighted by molar-refractivity contribution is 7.90. The van der Waals surface area contributed by atoms with Crippen LogP contribution in [0.5, 0.6) is 5.75 Å². The maximum Gasteiger partial charge on any atom is 0.256 e. The molecule has 0 spiro atoms. The van der Waals surface area contributed by atoms with Crippen molar-refractivity contribution >= 4 is 21.6 Å². The van der Waals surface area contributed by atoms with Crippen molar-refractivity contribution in [2.24, 2.45) is 5.92 Å². The lowest BCUT2D eigenvalue weighted by Crippen LogP contribution is -2.18. The van der Waals surface area contributed by atoms with E-state index in [2.05, 4.69) is 10.3 Å². The molecule has 1 aliphatic rings. The molecule has 2 aromatic carbocycles. The standard InChI is InChI=1S/C26H28N2O4S/c29-26(28-25-24(15-8-16-27-25)32-18-20-9-3-1-4-10-20)22-12-7-11-21(17-22)19-33(30,31)23-13-5-2-6-14-23/h2,5-8,11-17,20H,1,3-4,9-10,18-19H2,(H,27,28,29). The molecule has 3 aromatic rings. The molecule has 6 nitrogen and oxygen atoms in total. The van der Waals surface area contributed by atoms with Crippen molar-refractivity contribution in [2.45, 2.75) is 42.8 Å². The summed E-state index contributed by atoms with van der Waals surface area (Å²) in [6.07, 6.45) is 7.70. The van der Waals surface area contributed by atoms with Crippen LogP contribution in [0.25, 0.3) is 0 Å². The predicted octanol–water partition coefficient (Wildman–Crippen LogP) is 5.27. The van der Waals surface area contributed by atoms with E-state index in [-0.39, 0.29) is 16.6 Å². The van der Waals surface area contributed by atoms with Gasteiger partial charge in [-0.25, -0.2) is 13.4 Å². The summed E-state index contributed by atoms with van der Waals surface area (Å²) in [7, 11) is -3.50. The first-order valence-electron chi connectivity index (χ1n) is 11.3. The fourth-order valence-electron chi connectivity index (χ4n) is 4.07. The zero-order chi connectivity index (χ0) is 23.1. The SMILES string of the molecule is O=C(Nc1ncccc1OCC1CCCCC1)c1cccc(CS(=O)(=O)c2ccccc2)c1. The fraction of sp³-hybridized carbons (Fsp3) is 0.308. The third kappa shape index (κ3) is 6.20. The molecular weight excluding hydrogens is 436 g/mol. The minimum atomic E-state index is -3.50. The first kappa shape index (κ1) is 23.0. The molecule has 4 rings (SSSR count). The van der Waals surface area contributed by atoms with Crippen molar-refractivity contribution in [3.05, 3.63) is 84.1 Å². The third-order valence-electron chi connectivity index (χ3n) is 5.85. The van der Waals surface area contributed by atoms with E-state index in [1.807, 2.05) is 0 Å². The Labute approximate surface area is 194 Å². The Hall–Kier alpha value is -3.19. The Morgan fingerprint density at radius 3 is 2.55 bits per heavy atom. The number of aromatic nitrogens is 1. The average Bonchev–Trinajstić information content (AvgIpc) is 2.84. The van der Waals surface area contributed by atoms with Gasteiger partial charge in [0.15, 0.2) is 21.4 Å². The van der Waals surface area contributed by atoms with E-state index in [9.17, 15) is 13.2 Å².